The van der Waals surface area contributed by atoms with Crippen molar-refractivity contribution in [1.29, 1.82) is 0 Å². The Balaban J connectivity index is 1.28. The van der Waals surface area contributed by atoms with Crippen molar-refractivity contribution in [2.24, 2.45) is 9.98 Å². The number of nitrogens with one attached hydrogen (secondary N) is 5. The van der Waals surface area contributed by atoms with E-state index in [1.165, 1.54) is 24.3 Å². The van der Waals surface area contributed by atoms with Crippen LogP contribution >= 0.6 is 23.2 Å². The van der Waals surface area contributed by atoms with Crippen molar-refractivity contribution in [2.75, 3.05) is 65.2 Å². The summed E-state index contributed by atoms with van der Waals surface area (Å²) in [6.07, 6.45) is 0.527. The minimum atomic E-state index is -5.20. The Morgan fingerprint density at radius 2 is 1.00 bits per heavy atom. The van der Waals surface area contributed by atoms with E-state index in [1.807, 2.05) is 6.92 Å². The van der Waals surface area contributed by atoms with Crippen molar-refractivity contribution in [2.45, 2.75) is 36.0 Å². The fraction of sp³-hybridized carbons (Fsp3) is 0.294. The lowest BCUT2D eigenvalue weighted by molar-refractivity contribution is 0.310. The average Bonchev–Trinajstić information content (AvgIpc) is 3.23. The van der Waals surface area contributed by atoms with E-state index in [1.54, 1.807) is 0 Å². The molecule has 0 spiro atoms. The summed E-state index contributed by atoms with van der Waals surface area (Å²) >= 11 is 13.6. The van der Waals surface area contributed by atoms with Crippen molar-refractivity contribution < 1.29 is 58.6 Å². The van der Waals surface area contributed by atoms with Gasteiger partial charge in [-0.2, -0.15) is 55.2 Å². The van der Waals surface area contributed by atoms with Gasteiger partial charge >= 0.3 is 0 Å². The minimum absolute atomic E-state index is 0.00576. The molecule has 0 saturated carbocycles. The van der Waals surface area contributed by atoms with Crippen LogP contribution in [-0.4, -0.2) is 118 Å². The Morgan fingerprint density at radius 3 is 1.43 bits per heavy atom. The molecule has 0 atom stereocenters. The van der Waals surface area contributed by atoms with Crippen LogP contribution in [0.5, 0.6) is 23.0 Å². The predicted molar refractivity (Wildman–Crippen MR) is 232 cm³/mol. The molecule has 0 aliphatic carbocycles. The van der Waals surface area contributed by atoms with Crippen LogP contribution in [0, 0.1) is 0 Å². The maximum Gasteiger partial charge on any atom is 0.300 e. The molecule has 0 radical (unpaired) electrons. The molecule has 26 nitrogen and oxygen atoms in total. The molecule has 0 saturated heterocycles. The quantitative estimate of drug-likeness (QED) is 0.0521. The van der Waals surface area contributed by atoms with E-state index in [0.29, 0.717) is 13.0 Å². The zero-order valence-electron chi connectivity index (χ0n) is 33.2. The summed E-state index contributed by atoms with van der Waals surface area (Å²) in [7, 11) is -14.7. The molecule has 10 N–H and O–H groups in total. The number of hydrogen-bond acceptors (Lipinski definition) is 23. The van der Waals surface area contributed by atoms with Crippen LogP contribution in [0.4, 0.5) is 52.5 Å². The Kier molecular flexibility index (Phi) is 13.7. The smallest absolute Gasteiger partial charge is 0.300 e. The summed E-state index contributed by atoms with van der Waals surface area (Å²) in [4.78, 5) is 32.4. The summed E-state index contributed by atoms with van der Waals surface area (Å²) in [6, 6.07) is 4.98. The number of fused-ring (bicyclic) bond motifs is 4. The lowest BCUT2D eigenvalue weighted by atomic mass is 10.2. The molecule has 5 aromatic rings. The zero-order chi connectivity index (χ0) is 46.8. The number of hydrogen-bond donors (Lipinski definition) is 10. The summed E-state index contributed by atoms with van der Waals surface area (Å²) in [5.41, 5.74) is -1.00. The summed E-state index contributed by atoms with van der Waals surface area (Å²) in [5, 5.41) is 31.3. The normalized spacial score (nSPS) is 12.8. The Morgan fingerprint density at radius 1 is 0.585 bits per heavy atom. The van der Waals surface area contributed by atoms with Crippen LogP contribution in [0.25, 0.3) is 0 Å². The number of nitrogens with zero attached hydrogens (tertiary/aromatic N) is 8. The number of aliphatic hydroxyl groups is 2. The Hall–Kier alpha value is -5.89. The van der Waals surface area contributed by atoms with Crippen molar-refractivity contribution in [3.05, 3.63) is 50.8 Å². The second-order valence-electron chi connectivity index (χ2n) is 13.5. The molecular weight excluding hydrogens is 966 g/mol. The highest BCUT2D eigenvalue weighted by atomic mass is 35.5. The van der Waals surface area contributed by atoms with Gasteiger partial charge in [0.05, 0.1) is 30.3 Å². The highest BCUT2D eigenvalue weighted by Gasteiger charge is 2.35. The van der Waals surface area contributed by atoms with Crippen molar-refractivity contribution >= 4 is 106 Å². The van der Waals surface area contributed by atoms with Crippen LogP contribution in [0.15, 0.2) is 44.0 Å². The van der Waals surface area contributed by atoms with E-state index in [-0.39, 0.29) is 130 Å². The first-order valence-electron chi connectivity index (χ1n) is 18.8. The van der Waals surface area contributed by atoms with Gasteiger partial charge in [-0.25, -0.2) is 9.98 Å². The van der Waals surface area contributed by atoms with Gasteiger partial charge in [-0.15, -0.1) is 0 Å². The third-order valence-electron chi connectivity index (χ3n) is 8.75. The van der Waals surface area contributed by atoms with E-state index in [4.69, 9.17) is 37.2 Å². The third-order valence-corrected chi connectivity index (χ3v) is 12.1. The number of ether oxygens (including phenoxy) is 2. The third kappa shape index (κ3) is 10.6. The van der Waals surface area contributed by atoms with Crippen LogP contribution in [0.2, 0.25) is 10.0 Å². The second-order valence-corrected chi connectivity index (χ2v) is 18.6. The van der Waals surface area contributed by atoms with Gasteiger partial charge in [-0.3, -0.25) is 13.7 Å². The number of aryl methyl sites for hydroxylation is 1. The molecule has 0 fully saturated rings. The van der Waals surface area contributed by atoms with Gasteiger partial charge < -0.3 is 46.3 Å². The van der Waals surface area contributed by atoms with E-state index in [0.717, 1.165) is 0 Å². The average molecular weight is 1000 g/mol. The molecular formula is C34H35Cl2N13O13S3. The minimum Gasteiger partial charge on any atom is -0.450 e. The Bertz CT molecular complexity index is 3170. The largest absolute Gasteiger partial charge is 0.450 e. The molecule has 0 bridgehead atoms. The molecule has 346 valence electrons. The number of aromatic nitrogens is 6. The van der Waals surface area contributed by atoms with Crippen molar-refractivity contribution in [3.63, 3.8) is 0 Å². The lowest BCUT2D eigenvalue weighted by Gasteiger charge is -2.23. The summed E-state index contributed by atoms with van der Waals surface area (Å²) in [6.45, 7) is 1.88. The van der Waals surface area contributed by atoms with Gasteiger partial charge in [-0.05, 0) is 37.1 Å². The first-order valence-corrected chi connectivity index (χ1v) is 24.1. The van der Waals surface area contributed by atoms with Gasteiger partial charge in [0.15, 0.2) is 32.8 Å². The maximum atomic E-state index is 13.1. The van der Waals surface area contributed by atoms with Gasteiger partial charge in [0, 0.05) is 26.1 Å². The first-order chi connectivity index (χ1) is 30.8. The van der Waals surface area contributed by atoms with Gasteiger partial charge in [0.25, 0.3) is 30.4 Å². The van der Waals surface area contributed by atoms with E-state index >= 15 is 0 Å². The van der Waals surface area contributed by atoms with E-state index in [2.05, 4.69) is 66.5 Å². The first kappa shape index (κ1) is 47.1. The Labute approximate surface area is 377 Å². The number of anilines is 7. The number of halogens is 2. The fourth-order valence-corrected chi connectivity index (χ4v) is 8.70. The van der Waals surface area contributed by atoms with Crippen molar-refractivity contribution in [3.8, 4) is 23.0 Å². The SMILES string of the molecule is CCCNc1nc(NCCO)nc(Nc2ccc3c(c2S(=O)(=O)O)Oc2c(Cl)c4c(c(Cl)c2=N3)Oc2c(ccc(Nc3nc(CCCS(=O)(=O)O)nc(NCCO)n3)c2S(=O)(=O)O)N=4)n1. The number of aliphatic hydroxyl groups excluding tert-OH is 2. The van der Waals surface area contributed by atoms with Crippen LogP contribution in [0.1, 0.15) is 25.6 Å². The number of rotatable bonds is 19. The molecule has 7 rings (SSSR count). The second kappa shape index (κ2) is 18.9. The lowest BCUT2D eigenvalue weighted by Crippen LogP contribution is -2.23. The van der Waals surface area contributed by atoms with E-state index in [9.17, 15) is 44.6 Å². The van der Waals surface area contributed by atoms with Crippen LogP contribution < -0.4 is 46.8 Å². The van der Waals surface area contributed by atoms with Gasteiger partial charge in [-0.1, -0.05) is 30.1 Å². The molecule has 65 heavy (non-hydrogen) atoms. The molecule has 31 heteroatoms. The molecule has 0 amide bonds. The highest BCUT2D eigenvalue weighted by Crippen LogP contribution is 2.49. The zero-order valence-corrected chi connectivity index (χ0v) is 37.2. The van der Waals surface area contributed by atoms with Crippen molar-refractivity contribution in [1.82, 2.24) is 29.9 Å². The molecule has 4 heterocycles. The molecule has 2 aliphatic rings. The van der Waals surface area contributed by atoms with Gasteiger partial charge in [0.1, 0.15) is 38.0 Å². The summed E-state index contributed by atoms with van der Waals surface area (Å²) in [5.74, 6) is -2.79. The fourth-order valence-electron chi connectivity index (χ4n) is 6.12. The van der Waals surface area contributed by atoms with Crippen LogP contribution in [-0.2, 0) is 36.8 Å². The summed E-state index contributed by atoms with van der Waals surface area (Å²) < 4.78 is 117. The topological polar surface area (TPSA) is 384 Å². The molecule has 2 aromatic heterocycles. The predicted octanol–water partition coefficient (Wildman–Crippen LogP) is 2.91. The molecule has 0 unspecified atom stereocenters. The monoisotopic (exact) mass is 999 g/mol. The van der Waals surface area contributed by atoms with Gasteiger partial charge in [0.2, 0.25) is 29.7 Å². The maximum absolute atomic E-state index is 13.1. The molecule has 2 aliphatic heterocycles. The van der Waals surface area contributed by atoms with Crippen LogP contribution in [0.3, 0.4) is 0 Å². The standard InChI is InChI=1S/C34H35Cl2N13O13S3/c1-2-9-37-31-46-32(39-11-13-51)49-34(48-31)43-18-8-6-16-25(29(18)65(58,59)60)62-27-21(36)22-26(20(35)23(27)41-16)61-24-15(40-22)5-7-17(28(24)64(55,56)57)42-33-45-19(4-3-14-63(52,53)54)44-30(47-33)38-10-12-50/h5-8,50-51H,2-4,9-14H2,1H3,(H,52,53,54)(H,55,56,57)(H,58,59,60)(H2,38,42,44,45,47)(H3,37,39,43,46,48,49). The number of benzene rings is 3. The highest BCUT2D eigenvalue weighted by molar-refractivity contribution is 7.86. The van der Waals surface area contributed by atoms with E-state index < -0.39 is 57.4 Å². The molecule has 3 aromatic carbocycles.